The third-order valence-corrected chi connectivity index (χ3v) is 8.97. The van der Waals surface area contributed by atoms with E-state index in [2.05, 4.69) is 26.7 Å². The summed E-state index contributed by atoms with van der Waals surface area (Å²) in [4.78, 5) is 46.2. The van der Waals surface area contributed by atoms with Gasteiger partial charge in [-0.3, -0.25) is 19.3 Å². The Labute approximate surface area is 243 Å². The molecule has 11 nitrogen and oxygen atoms in total. The molecule has 2 atom stereocenters. The van der Waals surface area contributed by atoms with Gasteiger partial charge in [0.05, 0.1) is 19.9 Å². The van der Waals surface area contributed by atoms with Crippen LogP contribution in [0, 0.1) is 0 Å². The van der Waals surface area contributed by atoms with E-state index >= 15 is 0 Å². The molecule has 2 N–H and O–H groups in total. The molecule has 0 unspecified atom stereocenters. The maximum absolute atomic E-state index is 13.0. The minimum Gasteiger partial charge on any atom is -0.493 e. The highest BCUT2D eigenvalue weighted by molar-refractivity contribution is 7.16. The number of fused-ring (bicyclic) bond motifs is 5. The molecule has 0 radical (unpaired) electrons. The lowest BCUT2D eigenvalue weighted by molar-refractivity contribution is -0.123. The molecule has 12 heteroatoms. The first-order valence-electron chi connectivity index (χ1n) is 14.3. The van der Waals surface area contributed by atoms with Crippen LogP contribution in [0.1, 0.15) is 60.9 Å². The summed E-state index contributed by atoms with van der Waals surface area (Å²) in [6, 6.07) is 5.54. The number of benzene rings is 1. The van der Waals surface area contributed by atoms with E-state index in [9.17, 15) is 14.4 Å². The van der Waals surface area contributed by atoms with Crippen molar-refractivity contribution in [3.8, 4) is 11.5 Å². The molecular weight excluding hydrogens is 544 g/mol. The second kappa shape index (κ2) is 13.0. The number of nitrogens with one attached hydrogen (secondary N) is 2. The highest BCUT2D eigenvalue weighted by Gasteiger charge is 2.35. The summed E-state index contributed by atoms with van der Waals surface area (Å²) in [7, 11) is 3.23. The second-order valence-corrected chi connectivity index (χ2v) is 11.7. The third kappa shape index (κ3) is 6.70. The smallest absolute Gasteiger partial charge is 0.275 e. The Morgan fingerprint density at radius 2 is 1.83 bits per heavy atom. The maximum atomic E-state index is 13.0. The SMILES string of the molecule is CCc1nn2c(=O)cc(CN3[C@@H]4CC[C@H]3CC(=O)NCCCc3cc(cc(OC)c3OC)CCC(=O)NC4)nc2s1. The van der Waals surface area contributed by atoms with Gasteiger partial charge < -0.3 is 20.1 Å². The molecule has 1 fully saturated rings. The first-order chi connectivity index (χ1) is 19.9. The van der Waals surface area contributed by atoms with E-state index in [1.807, 2.05) is 13.0 Å². The summed E-state index contributed by atoms with van der Waals surface area (Å²) in [5.74, 6) is 1.30. The number of hydrogen-bond donors (Lipinski definition) is 2. The topological polar surface area (TPSA) is 127 Å². The highest BCUT2D eigenvalue weighted by atomic mass is 32.1. The first-order valence-corrected chi connectivity index (χ1v) is 15.1. The van der Waals surface area contributed by atoms with Crippen molar-refractivity contribution >= 4 is 28.1 Å². The second-order valence-electron chi connectivity index (χ2n) is 10.6. The van der Waals surface area contributed by atoms with Crippen LogP contribution in [0.3, 0.4) is 0 Å². The van der Waals surface area contributed by atoms with Crippen LogP contribution in [0.4, 0.5) is 0 Å². The Bertz CT molecular complexity index is 1470. The number of rotatable bonds is 5. The van der Waals surface area contributed by atoms with Gasteiger partial charge in [-0.1, -0.05) is 24.3 Å². The van der Waals surface area contributed by atoms with Crippen LogP contribution >= 0.6 is 11.3 Å². The monoisotopic (exact) mass is 582 g/mol. The Morgan fingerprint density at radius 1 is 1.00 bits per heavy atom. The van der Waals surface area contributed by atoms with Gasteiger partial charge in [-0.25, -0.2) is 4.98 Å². The normalized spacial score (nSPS) is 20.9. The molecule has 2 aliphatic rings. The molecule has 1 aromatic carbocycles. The van der Waals surface area contributed by atoms with E-state index in [1.54, 1.807) is 14.2 Å². The van der Waals surface area contributed by atoms with E-state index in [1.165, 1.54) is 21.9 Å². The predicted octanol–water partition coefficient (Wildman–Crippen LogP) is 2.27. The molecule has 0 aliphatic carbocycles. The van der Waals surface area contributed by atoms with Gasteiger partial charge in [0, 0.05) is 50.6 Å². The molecule has 1 saturated heterocycles. The molecule has 4 heterocycles. The molecule has 0 spiro atoms. The van der Waals surface area contributed by atoms with Crippen LogP contribution in [0.2, 0.25) is 0 Å². The molecule has 220 valence electrons. The van der Waals surface area contributed by atoms with Crippen LogP contribution in [-0.4, -0.2) is 70.7 Å². The zero-order valence-electron chi connectivity index (χ0n) is 23.9. The molecule has 41 heavy (non-hydrogen) atoms. The lowest BCUT2D eigenvalue weighted by Gasteiger charge is -2.30. The number of amides is 2. The predicted molar refractivity (Wildman–Crippen MR) is 156 cm³/mol. The van der Waals surface area contributed by atoms with E-state index in [-0.39, 0.29) is 29.5 Å². The fraction of sp³-hybridized carbons (Fsp3) is 0.552. The molecule has 0 saturated carbocycles. The van der Waals surface area contributed by atoms with E-state index < -0.39 is 0 Å². The van der Waals surface area contributed by atoms with E-state index in [0.717, 1.165) is 41.8 Å². The number of carbonyl (C=O) groups excluding carboxylic acids is 2. The van der Waals surface area contributed by atoms with Crippen molar-refractivity contribution in [2.45, 2.75) is 76.9 Å². The number of nitrogens with zero attached hydrogens (tertiary/aromatic N) is 4. The summed E-state index contributed by atoms with van der Waals surface area (Å²) >= 11 is 1.42. The number of aryl methyl sites for hydroxylation is 3. The van der Waals surface area contributed by atoms with Gasteiger partial charge in [-0.05, 0) is 55.7 Å². The Hall–Kier alpha value is -3.51. The van der Waals surface area contributed by atoms with Crippen LogP contribution in [-0.2, 0) is 35.4 Å². The molecule has 3 aromatic rings. The minimum atomic E-state index is -0.207. The zero-order valence-corrected chi connectivity index (χ0v) is 24.7. The van der Waals surface area contributed by atoms with Crippen molar-refractivity contribution in [3.63, 3.8) is 0 Å². The first kappa shape index (κ1) is 29.0. The molecule has 5 rings (SSSR count). The molecular formula is C29H38N6O5S. The molecule has 2 aliphatic heterocycles. The van der Waals surface area contributed by atoms with Gasteiger partial charge in [0.15, 0.2) is 11.5 Å². The maximum Gasteiger partial charge on any atom is 0.275 e. The largest absolute Gasteiger partial charge is 0.493 e. The Kier molecular flexibility index (Phi) is 9.19. The number of carbonyl (C=O) groups is 2. The number of methoxy groups -OCH3 is 2. The van der Waals surface area contributed by atoms with E-state index in [0.29, 0.717) is 67.5 Å². The number of ether oxygens (including phenoxy) is 2. The van der Waals surface area contributed by atoms with Gasteiger partial charge in [0.2, 0.25) is 16.8 Å². The standard InChI is InChI=1S/C29H38N6O5S/c1-4-26-33-35-27(38)14-20(32-29(35)41-26)17-34-21-8-9-22(34)16-31-24(36)10-7-18-12-19(6-5-11-30-25(37)15-21)28(40-3)23(13-18)39-2/h12-14,21-22H,4-11,15-17H2,1-3H3,(H,30,37)(H,31,36)/t21-,22+/m0/s1. The molecule has 2 amide bonds. The van der Waals surface area contributed by atoms with Gasteiger partial charge in [0.1, 0.15) is 5.01 Å². The summed E-state index contributed by atoms with van der Waals surface area (Å²) in [5, 5.41) is 11.4. The van der Waals surface area contributed by atoms with Gasteiger partial charge >= 0.3 is 0 Å². The Balaban J connectivity index is 1.36. The van der Waals surface area contributed by atoms with Crippen LogP contribution < -0.4 is 25.7 Å². The fourth-order valence-electron chi connectivity index (χ4n) is 5.83. The third-order valence-electron chi connectivity index (χ3n) is 7.92. The summed E-state index contributed by atoms with van der Waals surface area (Å²) < 4.78 is 12.5. The molecule has 4 bridgehead atoms. The summed E-state index contributed by atoms with van der Waals surface area (Å²) in [5.41, 5.74) is 2.45. The van der Waals surface area contributed by atoms with E-state index in [4.69, 9.17) is 14.5 Å². The van der Waals surface area contributed by atoms with Gasteiger partial charge in [-0.15, -0.1) is 0 Å². The lowest BCUT2D eigenvalue weighted by Crippen LogP contribution is -2.44. The summed E-state index contributed by atoms with van der Waals surface area (Å²) in [6.45, 7) is 3.44. The zero-order chi connectivity index (χ0) is 28.9. The van der Waals surface area contributed by atoms with Gasteiger partial charge in [-0.2, -0.15) is 9.61 Å². The Morgan fingerprint density at radius 3 is 2.61 bits per heavy atom. The van der Waals surface area contributed by atoms with Crippen molar-refractivity contribution in [2.75, 3.05) is 27.3 Å². The fourth-order valence-corrected chi connectivity index (χ4v) is 6.68. The highest BCUT2D eigenvalue weighted by Crippen LogP contribution is 2.34. The van der Waals surface area contributed by atoms with Crippen molar-refractivity contribution in [1.82, 2.24) is 30.1 Å². The number of hydrogen-bond acceptors (Lipinski definition) is 9. The van der Waals surface area contributed by atoms with Crippen molar-refractivity contribution in [2.24, 2.45) is 0 Å². The van der Waals surface area contributed by atoms with Crippen molar-refractivity contribution in [3.05, 3.63) is 50.4 Å². The lowest BCUT2D eigenvalue weighted by atomic mass is 10.0. The van der Waals surface area contributed by atoms with Crippen molar-refractivity contribution < 1.29 is 19.1 Å². The van der Waals surface area contributed by atoms with Gasteiger partial charge in [0.25, 0.3) is 5.56 Å². The average molecular weight is 583 g/mol. The van der Waals surface area contributed by atoms with Crippen LogP contribution in [0.5, 0.6) is 11.5 Å². The van der Waals surface area contributed by atoms with Crippen LogP contribution in [0.15, 0.2) is 23.0 Å². The average Bonchev–Trinajstić information content (AvgIpc) is 3.56. The summed E-state index contributed by atoms with van der Waals surface area (Å²) in [6.07, 6.45) is 5.14. The minimum absolute atomic E-state index is 0.00850. The number of aromatic nitrogens is 3. The quantitative estimate of drug-likeness (QED) is 0.469. The van der Waals surface area contributed by atoms with Crippen LogP contribution in [0.25, 0.3) is 4.96 Å². The molecule has 2 aromatic heterocycles. The van der Waals surface area contributed by atoms with Crippen molar-refractivity contribution in [1.29, 1.82) is 0 Å².